The molecule has 0 radical (unpaired) electrons. The van der Waals surface area contributed by atoms with Crippen LogP contribution in [0.3, 0.4) is 0 Å². The van der Waals surface area contributed by atoms with Gasteiger partial charge in [-0.2, -0.15) is 0 Å². The second kappa shape index (κ2) is 7.80. The number of benzene rings is 3. The lowest BCUT2D eigenvalue weighted by atomic mass is 10.1. The Balaban J connectivity index is 1.81. The molecule has 1 aliphatic rings. The highest BCUT2D eigenvalue weighted by Crippen LogP contribution is 2.29. The lowest BCUT2D eigenvalue weighted by Crippen LogP contribution is -2.32. The maximum Gasteiger partial charge on any atom is 0.282 e. The number of amides is 1. The van der Waals surface area contributed by atoms with Crippen LogP contribution in [0.4, 0.5) is 5.69 Å². The van der Waals surface area contributed by atoms with Crippen LogP contribution in [0, 0.1) is 0 Å². The number of carbonyl (C=O) groups is 1. The molecule has 6 heteroatoms. The Morgan fingerprint density at radius 2 is 1.21 bits per heavy atom. The van der Waals surface area contributed by atoms with Gasteiger partial charge in [0.15, 0.2) is 0 Å². The molecule has 0 saturated carbocycles. The Morgan fingerprint density at radius 1 is 0.714 bits per heavy atom. The van der Waals surface area contributed by atoms with Crippen molar-refractivity contribution in [3.63, 3.8) is 0 Å². The second-order valence-electron chi connectivity index (χ2n) is 6.14. The molecule has 0 spiro atoms. The summed E-state index contributed by atoms with van der Waals surface area (Å²) in [4.78, 5) is 19.4. The zero-order valence-corrected chi connectivity index (χ0v) is 16.7. The van der Waals surface area contributed by atoms with Crippen molar-refractivity contribution >= 4 is 58.3 Å². The van der Waals surface area contributed by atoms with Crippen molar-refractivity contribution in [1.82, 2.24) is 0 Å². The number of hydrogen-bond acceptors (Lipinski definition) is 2. The van der Waals surface area contributed by atoms with Gasteiger partial charge < -0.3 is 0 Å². The number of carbonyl (C=O) groups excluding carboxylic acids is 1. The standard InChI is InChI=1S/C22H13Cl3N2O/c23-16-5-1-14(2-6-16)13-20-22(28)27(19-11-9-18(25)10-12-19)21(26-20)15-3-7-17(24)8-4-15/h1-13H/b20-13+. The zero-order valence-electron chi connectivity index (χ0n) is 14.4. The molecule has 0 atom stereocenters. The molecule has 3 nitrogen and oxygen atoms in total. The molecular formula is C22H13Cl3N2O. The molecule has 4 rings (SSSR count). The molecule has 0 unspecified atom stereocenters. The molecule has 1 heterocycles. The van der Waals surface area contributed by atoms with E-state index in [0.717, 1.165) is 11.1 Å². The van der Waals surface area contributed by atoms with Crippen LogP contribution < -0.4 is 4.90 Å². The summed E-state index contributed by atoms with van der Waals surface area (Å²) in [5, 5.41) is 1.84. The van der Waals surface area contributed by atoms with E-state index in [-0.39, 0.29) is 5.91 Å². The maximum atomic E-state index is 13.2. The number of amidine groups is 1. The summed E-state index contributed by atoms with van der Waals surface area (Å²) < 4.78 is 0. The van der Waals surface area contributed by atoms with Crippen LogP contribution in [-0.2, 0) is 4.79 Å². The third-order valence-corrected chi connectivity index (χ3v) is 4.98. The predicted octanol–water partition coefficient (Wildman–Crippen LogP) is 6.48. The highest BCUT2D eigenvalue weighted by Gasteiger charge is 2.32. The van der Waals surface area contributed by atoms with Crippen molar-refractivity contribution in [2.45, 2.75) is 0 Å². The maximum absolute atomic E-state index is 13.2. The van der Waals surface area contributed by atoms with Crippen molar-refractivity contribution < 1.29 is 4.79 Å². The van der Waals surface area contributed by atoms with Crippen molar-refractivity contribution in [2.24, 2.45) is 4.99 Å². The van der Waals surface area contributed by atoms with Gasteiger partial charge in [-0.05, 0) is 72.3 Å². The minimum Gasteiger partial charge on any atom is -0.266 e. The van der Waals surface area contributed by atoms with E-state index in [1.165, 1.54) is 0 Å². The number of nitrogens with zero attached hydrogens (tertiary/aromatic N) is 2. The fraction of sp³-hybridized carbons (Fsp3) is 0. The number of anilines is 1. The van der Waals surface area contributed by atoms with Crippen LogP contribution in [0.5, 0.6) is 0 Å². The fourth-order valence-electron chi connectivity index (χ4n) is 2.86. The van der Waals surface area contributed by atoms with E-state index in [1.807, 2.05) is 24.3 Å². The van der Waals surface area contributed by atoms with E-state index in [2.05, 4.69) is 4.99 Å². The molecule has 0 N–H and O–H groups in total. The predicted molar refractivity (Wildman–Crippen MR) is 116 cm³/mol. The van der Waals surface area contributed by atoms with Gasteiger partial charge >= 0.3 is 0 Å². The summed E-state index contributed by atoms with van der Waals surface area (Å²) in [5.41, 5.74) is 2.64. The van der Waals surface area contributed by atoms with Gasteiger partial charge in [-0.3, -0.25) is 9.69 Å². The third kappa shape index (κ3) is 3.83. The van der Waals surface area contributed by atoms with Crippen molar-refractivity contribution in [2.75, 3.05) is 4.90 Å². The fourth-order valence-corrected chi connectivity index (χ4v) is 3.23. The van der Waals surface area contributed by atoms with Gasteiger partial charge in [-0.1, -0.05) is 46.9 Å². The Morgan fingerprint density at radius 3 is 1.79 bits per heavy atom. The van der Waals surface area contributed by atoms with Crippen molar-refractivity contribution in [3.05, 3.63) is 105 Å². The first-order valence-electron chi connectivity index (χ1n) is 8.43. The first-order valence-corrected chi connectivity index (χ1v) is 9.56. The SMILES string of the molecule is O=C1/C(=C\c2ccc(Cl)cc2)N=C(c2ccc(Cl)cc2)N1c1ccc(Cl)cc1. The summed E-state index contributed by atoms with van der Waals surface area (Å²) in [5.74, 6) is 0.312. The highest BCUT2D eigenvalue weighted by atomic mass is 35.5. The third-order valence-electron chi connectivity index (χ3n) is 4.22. The Hall–Kier alpha value is -2.59. The molecule has 0 saturated heterocycles. The Bertz CT molecular complexity index is 1090. The quantitative estimate of drug-likeness (QED) is 0.440. The van der Waals surface area contributed by atoms with Gasteiger partial charge in [0.2, 0.25) is 0 Å². The Labute approximate surface area is 177 Å². The zero-order chi connectivity index (χ0) is 19.7. The number of halogens is 3. The van der Waals surface area contributed by atoms with Crippen LogP contribution in [0.25, 0.3) is 6.08 Å². The van der Waals surface area contributed by atoms with Gasteiger partial charge in [-0.25, -0.2) is 4.99 Å². The molecule has 138 valence electrons. The van der Waals surface area contributed by atoms with Crippen molar-refractivity contribution in [3.8, 4) is 0 Å². The summed E-state index contributed by atoms with van der Waals surface area (Å²) in [6, 6.07) is 21.5. The first-order chi connectivity index (χ1) is 13.5. The summed E-state index contributed by atoms with van der Waals surface area (Å²) in [7, 11) is 0. The normalized spacial score (nSPS) is 15.2. The molecule has 0 aliphatic carbocycles. The molecule has 1 amide bonds. The van der Waals surface area contributed by atoms with Crippen molar-refractivity contribution in [1.29, 1.82) is 0 Å². The molecule has 3 aromatic rings. The molecule has 0 aromatic heterocycles. The average molecular weight is 428 g/mol. The molecule has 0 bridgehead atoms. The average Bonchev–Trinajstić information content (AvgIpc) is 3.01. The molecule has 0 fully saturated rings. The lowest BCUT2D eigenvalue weighted by molar-refractivity contribution is -0.113. The molecule has 1 aliphatic heterocycles. The first kappa shape index (κ1) is 18.8. The van der Waals surface area contributed by atoms with Crippen LogP contribution >= 0.6 is 34.8 Å². The van der Waals surface area contributed by atoms with Crippen LogP contribution in [0.15, 0.2) is 83.5 Å². The van der Waals surface area contributed by atoms with Gasteiger partial charge in [0, 0.05) is 20.6 Å². The Kier molecular flexibility index (Phi) is 5.23. The van der Waals surface area contributed by atoms with Crippen LogP contribution in [0.2, 0.25) is 15.1 Å². The number of aliphatic imine (C=N–C) groups is 1. The van der Waals surface area contributed by atoms with Crippen LogP contribution in [-0.4, -0.2) is 11.7 Å². The van der Waals surface area contributed by atoms with E-state index in [0.29, 0.717) is 32.3 Å². The van der Waals surface area contributed by atoms with Crippen LogP contribution in [0.1, 0.15) is 11.1 Å². The van der Waals surface area contributed by atoms with E-state index in [1.54, 1.807) is 59.5 Å². The van der Waals surface area contributed by atoms with E-state index < -0.39 is 0 Å². The van der Waals surface area contributed by atoms with Gasteiger partial charge in [0.05, 0.1) is 5.69 Å². The minimum atomic E-state index is -0.220. The van der Waals surface area contributed by atoms with E-state index >= 15 is 0 Å². The molecule has 28 heavy (non-hydrogen) atoms. The summed E-state index contributed by atoms with van der Waals surface area (Å²) in [6.45, 7) is 0. The molecular weight excluding hydrogens is 415 g/mol. The van der Waals surface area contributed by atoms with E-state index in [9.17, 15) is 4.79 Å². The number of rotatable bonds is 3. The van der Waals surface area contributed by atoms with Gasteiger partial charge in [-0.15, -0.1) is 0 Å². The van der Waals surface area contributed by atoms with E-state index in [4.69, 9.17) is 34.8 Å². The topological polar surface area (TPSA) is 32.7 Å². The highest BCUT2D eigenvalue weighted by molar-refractivity contribution is 6.34. The second-order valence-corrected chi connectivity index (χ2v) is 7.45. The monoisotopic (exact) mass is 426 g/mol. The summed E-state index contributed by atoms with van der Waals surface area (Å²) >= 11 is 18.0. The lowest BCUT2D eigenvalue weighted by Gasteiger charge is -2.18. The van der Waals surface area contributed by atoms with Gasteiger partial charge in [0.1, 0.15) is 11.5 Å². The minimum absolute atomic E-state index is 0.220. The molecule has 3 aromatic carbocycles. The summed E-state index contributed by atoms with van der Waals surface area (Å²) in [6.07, 6.45) is 1.74. The smallest absolute Gasteiger partial charge is 0.266 e. The van der Waals surface area contributed by atoms with Gasteiger partial charge in [0.25, 0.3) is 5.91 Å². The number of hydrogen-bond donors (Lipinski definition) is 0. The largest absolute Gasteiger partial charge is 0.282 e.